The predicted molar refractivity (Wildman–Crippen MR) is 68.7 cm³/mol. The van der Waals surface area contributed by atoms with Crippen LogP contribution >= 0.6 is 0 Å². The van der Waals surface area contributed by atoms with E-state index in [0.29, 0.717) is 25.3 Å². The Morgan fingerprint density at radius 3 is 3.11 bits per heavy atom. The van der Waals surface area contributed by atoms with Gasteiger partial charge in [0.1, 0.15) is 5.75 Å². The van der Waals surface area contributed by atoms with Crippen LogP contribution < -0.4 is 10.6 Å². The minimum atomic E-state index is -0.0752. The Hall–Kier alpha value is -1.59. The summed E-state index contributed by atoms with van der Waals surface area (Å²) in [5.41, 5.74) is 1.43. The van der Waals surface area contributed by atoms with Crippen molar-refractivity contribution in [3.63, 3.8) is 0 Å². The zero-order valence-corrected chi connectivity index (χ0v) is 10.4. The first kappa shape index (κ1) is 12.9. The van der Waals surface area contributed by atoms with Gasteiger partial charge in [0.05, 0.1) is 19.1 Å². The van der Waals surface area contributed by atoms with Gasteiger partial charge in [0, 0.05) is 18.8 Å². The van der Waals surface area contributed by atoms with E-state index in [1.807, 2.05) is 0 Å². The molecular formula is C13H18N2O3. The third kappa shape index (κ3) is 3.45. The van der Waals surface area contributed by atoms with Gasteiger partial charge in [-0.25, -0.2) is 0 Å². The molecule has 1 saturated heterocycles. The molecule has 18 heavy (non-hydrogen) atoms. The van der Waals surface area contributed by atoms with Gasteiger partial charge < -0.3 is 20.5 Å². The molecule has 1 aromatic rings. The van der Waals surface area contributed by atoms with Crippen LogP contribution in [0.1, 0.15) is 12.0 Å². The van der Waals surface area contributed by atoms with Crippen molar-refractivity contribution in [3.8, 4) is 5.75 Å². The molecule has 1 fully saturated rings. The SMILES string of the molecule is Cc1cc(NC(=O)CC2CNCCO2)ccc1O. The lowest BCUT2D eigenvalue weighted by molar-refractivity contribution is -0.119. The maximum absolute atomic E-state index is 11.8. The Morgan fingerprint density at radius 2 is 2.44 bits per heavy atom. The van der Waals surface area contributed by atoms with Crippen molar-refractivity contribution in [2.75, 3.05) is 25.0 Å². The normalized spacial score (nSPS) is 19.5. The number of carbonyl (C=O) groups is 1. The molecule has 0 spiro atoms. The summed E-state index contributed by atoms with van der Waals surface area (Å²) >= 11 is 0. The first-order valence-electron chi connectivity index (χ1n) is 6.07. The monoisotopic (exact) mass is 250 g/mol. The molecule has 1 amide bonds. The molecule has 0 bridgehead atoms. The fraction of sp³-hybridized carbons (Fsp3) is 0.462. The summed E-state index contributed by atoms with van der Waals surface area (Å²) in [6.07, 6.45) is 0.282. The van der Waals surface area contributed by atoms with Crippen LogP contribution in [-0.4, -0.2) is 36.8 Å². The van der Waals surface area contributed by atoms with Gasteiger partial charge in [-0.2, -0.15) is 0 Å². The number of phenolic OH excluding ortho intramolecular Hbond substituents is 1. The highest BCUT2D eigenvalue weighted by Gasteiger charge is 2.17. The molecule has 5 heteroatoms. The Labute approximate surface area is 106 Å². The molecule has 2 rings (SSSR count). The average Bonchev–Trinajstić information content (AvgIpc) is 2.35. The first-order valence-corrected chi connectivity index (χ1v) is 6.07. The second kappa shape index (κ2) is 5.84. The highest BCUT2D eigenvalue weighted by atomic mass is 16.5. The fourth-order valence-electron chi connectivity index (χ4n) is 1.90. The quantitative estimate of drug-likeness (QED) is 0.700. The molecule has 0 saturated carbocycles. The van der Waals surface area contributed by atoms with Crippen molar-refractivity contribution in [2.24, 2.45) is 0 Å². The predicted octanol–water partition coefficient (Wildman–Crippen LogP) is 1.02. The number of nitrogens with one attached hydrogen (secondary N) is 2. The molecule has 0 radical (unpaired) electrons. The number of benzene rings is 1. The second-order valence-electron chi connectivity index (χ2n) is 4.45. The molecule has 1 aromatic carbocycles. The molecule has 1 aliphatic heterocycles. The maximum Gasteiger partial charge on any atom is 0.227 e. The number of morpholine rings is 1. The van der Waals surface area contributed by atoms with Gasteiger partial charge in [-0.05, 0) is 30.7 Å². The van der Waals surface area contributed by atoms with Crippen molar-refractivity contribution in [2.45, 2.75) is 19.4 Å². The van der Waals surface area contributed by atoms with E-state index in [1.54, 1.807) is 25.1 Å². The number of anilines is 1. The van der Waals surface area contributed by atoms with E-state index in [0.717, 1.165) is 12.1 Å². The van der Waals surface area contributed by atoms with Gasteiger partial charge in [0.15, 0.2) is 0 Å². The average molecular weight is 250 g/mol. The molecule has 1 aliphatic rings. The fourth-order valence-corrected chi connectivity index (χ4v) is 1.90. The van der Waals surface area contributed by atoms with Crippen molar-refractivity contribution in [1.82, 2.24) is 5.32 Å². The lowest BCUT2D eigenvalue weighted by Gasteiger charge is -2.23. The van der Waals surface area contributed by atoms with E-state index >= 15 is 0 Å². The van der Waals surface area contributed by atoms with Crippen LogP contribution in [0.4, 0.5) is 5.69 Å². The van der Waals surface area contributed by atoms with E-state index in [9.17, 15) is 9.90 Å². The zero-order chi connectivity index (χ0) is 13.0. The van der Waals surface area contributed by atoms with Gasteiger partial charge >= 0.3 is 0 Å². The van der Waals surface area contributed by atoms with Gasteiger partial charge in [-0.1, -0.05) is 0 Å². The number of ether oxygens (including phenoxy) is 1. The van der Waals surface area contributed by atoms with Gasteiger partial charge in [-0.3, -0.25) is 4.79 Å². The molecule has 5 nitrogen and oxygen atoms in total. The number of rotatable bonds is 3. The van der Waals surface area contributed by atoms with Crippen molar-refractivity contribution >= 4 is 11.6 Å². The number of aromatic hydroxyl groups is 1. The Kier molecular flexibility index (Phi) is 4.17. The van der Waals surface area contributed by atoms with E-state index in [1.165, 1.54) is 0 Å². The first-order chi connectivity index (χ1) is 8.65. The summed E-state index contributed by atoms with van der Waals surface area (Å²) in [6.45, 7) is 3.99. The molecular weight excluding hydrogens is 232 g/mol. The smallest absolute Gasteiger partial charge is 0.227 e. The van der Waals surface area contributed by atoms with E-state index in [2.05, 4.69) is 10.6 Å². The van der Waals surface area contributed by atoms with Crippen molar-refractivity contribution < 1.29 is 14.6 Å². The van der Waals surface area contributed by atoms with Crippen LogP contribution in [0.2, 0.25) is 0 Å². The molecule has 98 valence electrons. The Morgan fingerprint density at radius 1 is 1.61 bits per heavy atom. The summed E-state index contributed by atoms with van der Waals surface area (Å²) in [6, 6.07) is 5.00. The summed E-state index contributed by atoms with van der Waals surface area (Å²) in [7, 11) is 0. The molecule has 1 heterocycles. The third-order valence-corrected chi connectivity index (χ3v) is 2.90. The standard InChI is InChI=1S/C13H18N2O3/c1-9-6-10(2-3-12(9)16)15-13(17)7-11-8-14-4-5-18-11/h2-3,6,11,14,16H,4-5,7-8H2,1H3,(H,15,17). The Bertz CT molecular complexity index is 428. The van der Waals surface area contributed by atoms with Crippen LogP contribution in [0, 0.1) is 6.92 Å². The number of hydrogen-bond acceptors (Lipinski definition) is 4. The Balaban J connectivity index is 1.88. The number of aryl methyl sites for hydroxylation is 1. The van der Waals surface area contributed by atoms with Crippen LogP contribution in [0.5, 0.6) is 5.75 Å². The third-order valence-electron chi connectivity index (χ3n) is 2.90. The number of amides is 1. The molecule has 3 N–H and O–H groups in total. The minimum Gasteiger partial charge on any atom is -0.508 e. The highest BCUT2D eigenvalue weighted by Crippen LogP contribution is 2.20. The van der Waals surface area contributed by atoms with Crippen LogP contribution in [0.25, 0.3) is 0 Å². The minimum absolute atomic E-state index is 0.0584. The summed E-state index contributed by atoms with van der Waals surface area (Å²) in [5, 5.41) is 15.4. The van der Waals surface area contributed by atoms with Crippen molar-refractivity contribution in [3.05, 3.63) is 23.8 Å². The molecule has 1 unspecified atom stereocenters. The van der Waals surface area contributed by atoms with Gasteiger partial charge in [-0.15, -0.1) is 0 Å². The van der Waals surface area contributed by atoms with Crippen LogP contribution in [0.3, 0.4) is 0 Å². The summed E-state index contributed by atoms with van der Waals surface area (Å²) < 4.78 is 5.47. The second-order valence-corrected chi connectivity index (χ2v) is 4.45. The lowest BCUT2D eigenvalue weighted by Crippen LogP contribution is -2.40. The van der Waals surface area contributed by atoms with Gasteiger partial charge in [0.2, 0.25) is 5.91 Å². The number of hydrogen-bond donors (Lipinski definition) is 3. The van der Waals surface area contributed by atoms with E-state index in [-0.39, 0.29) is 17.8 Å². The van der Waals surface area contributed by atoms with E-state index < -0.39 is 0 Å². The number of phenols is 1. The van der Waals surface area contributed by atoms with Crippen molar-refractivity contribution in [1.29, 1.82) is 0 Å². The van der Waals surface area contributed by atoms with Crippen LogP contribution in [-0.2, 0) is 9.53 Å². The molecule has 0 aromatic heterocycles. The van der Waals surface area contributed by atoms with E-state index in [4.69, 9.17) is 4.74 Å². The molecule has 1 atom stereocenters. The zero-order valence-electron chi connectivity index (χ0n) is 10.4. The lowest BCUT2D eigenvalue weighted by atomic mass is 10.2. The van der Waals surface area contributed by atoms with Gasteiger partial charge in [0.25, 0.3) is 0 Å². The topological polar surface area (TPSA) is 70.6 Å². The number of carbonyl (C=O) groups excluding carboxylic acids is 1. The highest BCUT2D eigenvalue weighted by molar-refractivity contribution is 5.91. The largest absolute Gasteiger partial charge is 0.508 e. The summed E-state index contributed by atoms with van der Waals surface area (Å²) in [5.74, 6) is 0.154. The maximum atomic E-state index is 11.8. The summed E-state index contributed by atoms with van der Waals surface area (Å²) in [4.78, 5) is 11.8. The van der Waals surface area contributed by atoms with Crippen LogP contribution in [0.15, 0.2) is 18.2 Å². The molecule has 0 aliphatic carbocycles.